The minimum absolute atomic E-state index is 0.0135. The van der Waals surface area contributed by atoms with E-state index in [2.05, 4.69) is 29.6 Å². The second-order valence-electron chi connectivity index (χ2n) is 9.05. The van der Waals surface area contributed by atoms with Gasteiger partial charge in [0.25, 0.3) is 0 Å². The summed E-state index contributed by atoms with van der Waals surface area (Å²) < 4.78 is 10.9. The number of aliphatic carboxylic acids is 1. The Morgan fingerprint density at radius 2 is 1.77 bits per heavy atom. The van der Waals surface area contributed by atoms with Crippen LogP contribution in [0, 0.1) is 0 Å². The van der Waals surface area contributed by atoms with Crippen LogP contribution in [0.2, 0.25) is 0 Å². The first-order chi connectivity index (χ1) is 17.0. The number of hydrogen-bond acceptors (Lipinski definition) is 5. The van der Waals surface area contributed by atoms with Gasteiger partial charge in [0.05, 0.1) is 13.2 Å². The van der Waals surface area contributed by atoms with Crippen molar-refractivity contribution in [1.82, 2.24) is 10.2 Å². The fraction of sp³-hybridized carbons (Fsp3) is 0.444. The van der Waals surface area contributed by atoms with E-state index in [1.807, 2.05) is 31.2 Å². The molecule has 1 saturated heterocycles. The van der Waals surface area contributed by atoms with E-state index in [-0.39, 0.29) is 44.0 Å². The SMILES string of the molecule is CCCC[C@H](CC(=O)N1CCOC(C(=O)O)C1)NC(=O)OCC1c2ccccc2-c2ccccc21. The maximum atomic E-state index is 12.8. The van der Waals surface area contributed by atoms with Gasteiger partial charge in [-0.25, -0.2) is 9.59 Å². The summed E-state index contributed by atoms with van der Waals surface area (Å²) >= 11 is 0. The molecule has 186 valence electrons. The Morgan fingerprint density at radius 1 is 1.11 bits per heavy atom. The molecule has 0 bridgehead atoms. The van der Waals surface area contributed by atoms with Gasteiger partial charge < -0.3 is 24.8 Å². The van der Waals surface area contributed by atoms with Crippen LogP contribution in [0.4, 0.5) is 4.79 Å². The van der Waals surface area contributed by atoms with E-state index >= 15 is 0 Å². The molecule has 2 aliphatic rings. The summed E-state index contributed by atoms with van der Waals surface area (Å²) in [4.78, 5) is 38.3. The summed E-state index contributed by atoms with van der Waals surface area (Å²) in [6.45, 7) is 2.79. The summed E-state index contributed by atoms with van der Waals surface area (Å²) in [7, 11) is 0. The van der Waals surface area contributed by atoms with E-state index in [9.17, 15) is 19.5 Å². The van der Waals surface area contributed by atoms with Gasteiger partial charge in [0.2, 0.25) is 5.91 Å². The molecule has 2 amide bonds. The Hall–Kier alpha value is -3.39. The Morgan fingerprint density at radius 3 is 2.40 bits per heavy atom. The van der Waals surface area contributed by atoms with Gasteiger partial charge in [-0.3, -0.25) is 4.79 Å². The number of benzene rings is 2. The van der Waals surface area contributed by atoms with Crippen LogP contribution in [0.3, 0.4) is 0 Å². The number of nitrogens with one attached hydrogen (secondary N) is 1. The zero-order valence-corrected chi connectivity index (χ0v) is 19.9. The number of nitrogens with zero attached hydrogens (tertiary/aromatic N) is 1. The number of carboxylic acids is 1. The quantitative estimate of drug-likeness (QED) is 0.566. The molecule has 1 aliphatic heterocycles. The first-order valence-corrected chi connectivity index (χ1v) is 12.2. The molecule has 0 spiro atoms. The molecule has 0 radical (unpaired) electrons. The van der Waals surface area contributed by atoms with Gasteiger partial charge in [-0.1, -0.05) is 68.3 Å². The van der Waals surface area contributed by atoms with Crippen molar-refractivity contribution in [1.29, 1.82) is 0 Å². The molecule has 1 fully saturated rings. The number of carboxylic acid groups (broad SMARTS) is 1. The van der Waals surface area contributed by atoms with E-state index < -0.39 is 18.2 Å². The van der Waals surface area contributed by atoms with E-state index in [1.165, 1.54) is 4.90 Å². The topological polar surface area (TPSA) is 105 Å². The first-order valence-electron chi connectivity index (χ1n) is 12.2. The highest BCUT2D eigenvalue weighted by molar-refractivity contribution is 5.80. The highest BCUT2D eigenvalue weighted by atomic mass is 16.5. The molecule has 0 aromatic heterocycles. The third-order valence-electron chi connectivity index (χ3n) is 6.69. The number of carbonyl (C=O) groups excluding carboxylic acids is 2. The summed E-state index contributed by atoms with van der Waals surface area (Å²) in [6.07, 6.45) is 0.941. The zero-order chi connectivity index (χ0) is 24.8. The third-order valence-corrected chi connectivity index (χ3v) is 6.69. The molecule has 1 unspecified atom stereocenters. The van der Waals surface area contributed by atoms with Crippen molar-refractivity contribution in [3.05, 3.63) is 59.7 Å². The predicted molar refractivity (Wildman–Crippen MR) is 130 cm³/mol. The summed E-state index contributed by atoms with van der Waals surface area (Å²) in [5.41, 5.74) is 4.60. The fourth-order valence-corrected chi connectivity index (χ4v) is 4.85. The van der Waals surface area contributed by atoms with Crippen LogP contribution in [-0.4, -0.2) is 66.4 Å². The lowest BCUT2D eigenvalue weighted by Crippen LogP contribution is -2.50. The molecule has 2 aromatic carbocycles. The number of unbranched alkanes of at least 4 members (excludes halogenated alkanes) is 1. The molecule has 8 nitrogen and oxygen atoms in total. The number of ether oxygens (including phenoxy) is 2. The van der Waals surface area contributed by atoms with Crippen molar-refractivity contribution in [2.24, 2.45) is 0 Å². The minimum Gasteiger partial charge on any atom is -0.479 e. The van der Waals surface area contributed by atoms with E-state index in [0.29, 0.717) is 13.0 Å². The number of rotatable bonds is 9. The van der Waals surface area contributed by atoms with Gasteiger partial charge in [-0.05, 0) is 28.7 Å². The van der Waals surface area contributed by atoms with Crippen molar-refractivity contribution in [3.8, 4) is 11.1 Å². The molecule has 0 saturated carbocycles. The van der Waals surface area contributed by atoms with Crippen molar-refractivity contribution < 1.29 is 29.0 Å². The molecular formula is C27H32N2O6. The van der Waals surface area contributed by atoms with E-state index in [0.717, 1.165) is 35.1 Å². The summed E-state index contributed by atoms with van der Waals surface area (Å²) in [6, 6.07) is 15.9. The van der Waals surface area contributed by atoms with Gasteiger partial charge in [0.1, 0.15) is 6.61 Å². The Labute approximate surface area is 205 Å². The van der Waals surface area contributed by atoms with Crippen LogP contribution in [0.15, 0.2) is 48.5 Å². The van der Waals surface area contributed by atoms with Crippen LogP contribution >= 0.6 is 0 Å². The lowest BCUT2D eigenvalue weighted by atomic mass is 9.98. The monoisotopic (exact) mass is 480 g/mol. The smallest absolute Gasteiger partial charge is 0.407 e. The lowest BCUT2D eigenvalue weighted by Gasteiger charge is -2.32. The van der Waals surface area contributed by atoms with Crippen molar-refractivity contribution >= 4 is 18.0 Å². The second-order valence-corrected chi connectivity index (χ2v) is 9.05. The number of hydrogen-bond donors (Lipinski definition) is 2. The van der Waals surface area contributed by atoms with E-state index in [4.69, 9.17) is 9.47 Å². The molecule has 2 N–H and O–H groups in total. The molecular weight excluding hydrogens is 448 g/mol. The maximum absolute atomic E-state index is 12.8. The second kappa shape index (κ2) is 11.4. The zero-order valence-electron chi connectivity index (χ0n) is 19.9. The standard InChI is InChI=1S/C27H32N2O6/c1-2-3-8-18(15-25(30)29-13-14-34-24(16-29)26(31)32)28-27(33)35-17-23-21-11-6-4-9-19(21)20-10-5-7-12-22(20)23/h4-7,9-12,18,23-24H,2-3,8,13-17H2,1H3,(H,28,33)(H,31,32)/t18-,24?/m1/s1. The largest absolute Gasteiger partial charge is 0.479 e. The first kappa shape index (κ1) is 24.7. The summed E-state index contributed by atoms with van der Waals surface area (Å²) in [5, 5.41) is 12.1. The number of amides is 2. The third kappa shape index (κ3) is 5.82. The average Bonchev–Trinajstić information content (AvgIpc) is 3.19. The number of morpholine rings is 1. The Bertz CT molecular complexity index is 1030. The van der Waals surface area contributed by atoms with Crippen LogP contribution < -0.4 is 5.32 Å². The van der Waals surface area contributed by atoms with Crippen LogP contribution in [-0.2, 0) is 19.1 Å². The minimum atomic E-state index is -1.08. The lowest BCUT2D eigenvalue weighted by molar-refractivity contribution is -0.159. The van der Waals surface area contributed by atoms with Crippen LogP contribution in [0.25, 0.3) is 11.1 Å². The van der Waals surface area contributed by atoms with Crippen LogP contribution in [0.1, 0.15) is 49.7 Å². The number of fused-ring (bicyclic) bond motifs is 3. The van der Waals surface area contributed by atoms with Gasteiger partial charge in [-0.15, -0.1) is 0 Å². The Kier molecular flexibility index (Phi) is 8.02. The molecule has 4 rings (SSSR count). The van der Waals surface area contributed by atoms with Gasteiger partial charge in [0, 0.05) is 24.9 Å². The van der Waals surface area contributed by atoms with Gasteiger partial charge in [0.15, 0.2) is 6.10 Å². The molecule has 2 aromatic rings. The highest BCUT2D eigenvalue weighted by Crippen LogP contribution is 2.44. The van der Waals surface area contributed by atoms with Gasteiger partial charge >= 0.3 is 12.1 Å². The maximum Gasteiger partial charge on any atom is 0.407 e. The van der Waals surface area contributed by atoms with Crippen LogP contribution in [0.5, 0.6) is 0 Å². The predicted octanol–water partition coefficient (Wildman–Crippen LogP) is 3.79. The van der Waals surface area contributed by atoms with E-state index in [1.54, 1.807) is 0 Å². The highest BCUT2D eigenvalue weighted by Gasteiger charge is 2.31. The van der Waals surface area contributed by atoms with Crippen molar-refractivity contribution in [2.75, 3.05) is 26.3 Å². The molecule has 2 atom stereocenters. The molecule has 1 heterocycles. The molecule has 1 aliphatic carbocycles. The summed E-state index contributed by atoms with van der Waals surface area (Å²) in [5.74, 6) is -1.31. The average molecular weight is 481 g/mol. The van der Waals surface area contributed by atoms with Gasteiger partial charge in [-0.2, -0.15) is 0 Å². The van der Waals surface area contributed by atoms with Crippen molar-refractivity contribution in [2.45, 2.75) is 50.7 Å². The fourth-order valence-electron chi connectivity index (χ4n) is 4.85. The number of alkyl carbamates (subject to hydrolysis) is 1. The van der Waals surface area contributed by atoms with Crippen molar-refractivity contribution in [3.63, 3.8) is 0 Å². The number of carbonyl (C=O) groups is 3. The Balaban J connectivity index is 1.36. The molecule has 8 heteroatoms. The normalized spacial score (nSPS) is 17.9. The molecule has 35 heavy (non-hydrogen) atoms.